The molecule has 102 valence electrons. The number of nitrogens with zero attached hydrogens (tertiary/aromatic N) is 1. The van der Waals surface area contributed by atoms with Crippen molar-refractivity contribution in [2.75, 3.05) is 19.6 Å². The van der Waals surface area contributed by atoms with Crippen LogP contribution in [0.3, 0.4) is 0 Å². The van der Waals surface area contributed by atoms with E-state index in [2.05, 4.69) is 45.3 Å². The smallest absolute Gasteiger partial charge is 0.191 e. The number of benzene rings is 1. The minimum atomic E-state index is 0. The molecule has 0 spiro atoms. The van der Waals surface area contributed by atoms with Crippen molar-refractivity contribution in [1.29, 1.82) is 0 Å². The van der Waals surface area contributed by atoms with Crippen LogP contribution in [0, 0.1) is 0 Å². The fourth-order valence-electron chi connectivity index (χ4n) is 2.19. The summed E-state index contributed by atoms with van der Waals surface area (Å²) in [7, 11) is 0. The molecule has 0 atom stereocenters. The monoisotopic (exact) mass is 387 g/mol. The summed E-state index contributed by atoms with van der Waals surface area (Å²) in [6, 6.07) is 8.60. The Balaban J connectivity index is 0.00000133. The van der Waals surface area contributed by atoms with Crippen LogP contribution in [0.4, 0.5) is 0 Å². The third-order valence-electron chi connectivity index (χ3n) is 3.15. The van der Waals surface area contributed by atoms with Crippen molar-refractivity contribution >= 4 is 51.4 Å². The van der Waals surface area contributed by atoms with Crippen molar-refractivity contribution in [3.63, 3.8) is 0 Å². The molecule has 0 bridgehead atoms. The SMILES string of the molecule is I.c1ccc2c(CCNC3=NCCCN3)csc2c1. The zero-order valence-electron chi connectivity index (χ0n) is 10.7. The van der Waals surface area contributed by atoms with Crippen LogP contribution in [0.5, 0.6) is 0 Å². The number of hydrogen-bond donors (Lipinski definition) is 2. The van der Waals surface area contributed by atoms with Crippen molar-refractivity contribution in [2.45, 2.75) is 12.8 Å². The summed E-state index contributed by atoms with van der Waals surface area (Å²) in [5.41, 5.74) is 1.43. The predicted octanol–water partition coefficient (Wildman–Crippen LogP) is 3.00. The third-order valence-corrected chi connectivity index (χ3v) is 4.16. The average molecular weight is 387 g/mol. The second-order valence-electron chi connectivity index (χ2n) is 4.44. The van der Waals surface area contributed by atoms with E-state index in [0.717, 1.165) is 38.4 Å². The highest BCUT2D eigenvalue weighted by Crippen LogP contribution is 2.25. The Labute approximate surface area is 134 Å². The first-order valence-corrected chi connectivity index (χ1v) is 7.29. The van der Waals surface area contributed by atoms with Gasteiger partial charge in [-0.05, 0) is 35.2 Å². The molecule has 0 amide bonds. The summed E-state index contributed by atoms with van der Waals surface area (Å²) < 4.78 is 1.38. The highest BCUT2D eigenvalue weighted by Gasteiger charge is 2.05. The summed E-state index contributed by atoms with van der Waals surface area (Å²) in [5.74, 6) is 0.959. The van der Waals surface area contributed by atoms with Crippen molar-refractivity contribution in [1.82, 2.24) is 10.6 Å². The number of guanidine groups is 1. The zero-order chi connectivity index (χ0) is 12.2. The molecule has 0 saturated carbocycles. The van der Waals surface area contributed by atoms with Gasteiger partial charge < -0.3 is 10.6 Å². The van der Waals surface area contributed by atoms with E-state index in [9.17, 15) is 0 Å². The Bertz CT molecular complexity index is 565. The van der Waals surface area contributed by atoms with Crippen LogP contribution >= 0.6 is 35.3 Å². The molecular weight excluding hydrogens is 369 g/mol. The quantitative estimate of drug-likeness (QED) is 0.795. The van der Waals surface area contributed by atoms with E-state index in [1.54, 1.807) is 0 Å². The number of rotatable bonds is 3. The summed E-state index contributed by atoms with van der Waals surface area (Å²) in [4.78, 5) is 4.41. The van der Waals surface area contributed by atoms with Gasteiger partial charge in [-0.2, -0.15) is 0 Å². The highest BCUT2D eigenvalue weighted by molar-refractivity contribution is 14.0. The predicted molar refractivity (Wildman–Crippen MR) is 93.9 cm³/mol. The molecule has 0 radical (unpaired) electrons. The number of nitrogens with one attached hydrogen (secondary N) is 2. The normalized spacial score (nSPS) is 14.4. The number of halogens is 1. The van der Waals surface area contributed by atoms with Gasteiger partial charge in [-0.15, -0.1) is 35.3 Å². The van der Waals surface area contributed by atoms with Crippen molar-refractivity contribution in [3.8, 4) is 0 Å². The first-order chi connectivity index (χ1) is 8.93. The van der Waals surface area contributed by atoms with E-state index >= 15 is 0 Å². The van der Waals surface area contributed by atoms with Crippen LogP contribution in [-0.2, 0) is 6.42 Å². The Morgan fingerprint density at radius 1 is 1.32 bits per heavy atom. The summed E-state index contributed by atoms with van der Waals surface area (Å²) in [6.07, 6.45) is 2.19. The first-order valence-electron chi connectivity index (χ1n) is 6.41. The summed E-state index contributed by atoms with van der Waals surface area (Å²) in [6.45, 7) is 2.91. The van der Waals surface area contributed by atoms with Gasteiger partial charge in [0.05, 0.1) is 0 Å². The average Bonchev–Trinajstić information content (AvgIpc) is 2.84. The van der Waals surface area contributed by atoms with Gasteiger partial charge in [-0.1, -0.05) is 18.2 Å². The second-order valence-corrected chi connectivity index (χ2v) is 5.36. The number of hydrogen-bond acceptors (Lipinski definition) is 4. The fourth-order valence-corrected chi connectivity index (χ4v) is 3.19. The van der Waals surface area contributed by atoms with E-state index in [1.807, 2.05) is 11.3 Å². The highest BCUT2D eigenvalue weighted by atomic mass is 127. The van der Waals surface area contributed by atoms with Gasteiger partial charge in [0, 0.05) is 24.3 Å². The van der Waals surface area contributed by atoms with Crippen LogP contribution in [0.2, 0.25) is 0 Å². The van der Waals surface area contributed by atoms with Gasteiger partial charge >= 0.3 is 0 Å². The molecule has 1 aliphatic heterocycles. The first kappa shape index (κ1) is 14.6. The lowest BCUT2D eigenvalue weighted by Crippen LogP contribution is -2.41. The Morgan fingerprint density at radius 3 is 3.05 bits per heavy atom. The van der Waals surface area contributed by atoms with Gasteiger partial charge in [0.1, 0.15) is 0 Å². The lowest BCUT2D eigenvalue weighted by Gasteiger charge is -2.15. The Hall–Kier alpha value is -0.820. The molecule has 3 rings (SSSR count). The molecule has 0 aliphatic carbocycles. The molecule has 0 fully saturated rings. The zero-order valence-corrected chi connectivity index (χ0v) is 13.8. The molecule has 1 aromatic carbocycles. The van der Waals surface area contributed by atoms with Crippen LogP contribution in [-0.4, -0.2) is 25.6 Å². The molecule has 1 aromatic heterocycles. The van der Waals surface area contributed by atoms with Gasteiger partial charge in [-0.3, -0.25) is 4.99 Å². The van der Waals surface area contributed by atoms with E-state index in [-0.39, 0.29) is 24.0 Å². The molecule has 2 aromatic rings. The van der Waals surface area contributed by atoms with E-state index < -0.39 is 0 Å². The molecule has 3 nitrogen and oxygen atoms in total. The molecule has 5 heteroatoms. The minimum Gasteiger partial charge on any atom is -0.356 e. The van der Waals surface area contributed by atoms with Crippen LogP contribution in [0.15, 0.2) is 34.6 Å². The number of aliphatic imine (C=N–C) groups is 1. The van der Waals surface area contributed by atoms with E-state index in [0.29, 0.717) is 0 Å². The molecule has 0 unspecified atom stereocenters. The summed E-state index contributed by atoms with van der Waals surface area (Å²) in [5, 5.41) is 10.3. The van der Waals surface area contributed by atoms with Crippen LogP contribution < -0.4 is 10.6 Å². The van der Waals surface area contributed by atoms with Gasteiger partial charge in [0.2, 0.25) is 0 Å². The maximum Gasteiger partial charge on any atom is 0.191 e. The maximum absolute atomic E-state index is 4.41. The van der Waals surface area contributed by atoms with Gasteiger partial charge in [0.15, 0.2) is 5.96 Å². The van der Waals surface area contributed by atoms with Crippen molar-refractivity contribution in [2.24, 2.45) is 4.99 Å². The third kappa shape index (κ3) is 3.60. The number of thiophene rings is 1. The van der Waals surface area contributed by atoms with Crippen molar-refractivity contribution < 1.29 is 0 Å². The Kier molecular flexibility index (Phi) is 5.45. The van der Waals surface area contributed by atoms with Crippen LogP contribution in [0.1, 0.15) is 12.0 Å². The molecular formula is C14H18IN3S. The lowest BCUT2D eigenvalue weighted by molar-refractivity contribution is 0.701. The van der Waals surface area contributed by atoms with Gasteiger partial charge in [-0.25, -0.2) is 0 Å². The molecule has 19 heavy (non-hydrogen) atoms. The fraction of sp³-hybridized carbons (Fsp3) is 0.357. The number of fused-ring (bicyclic) bond motifs is 1. The Morgan fingerprint density at radius 2 is 2.21 bits per heavy atom. The van der Waals surface area contributed by atoms with Crippen LogP contribution in [0.25, 0.3) is 10.1 Å². The second kappa shape index (κ2) is 7.09. The van der Waals surface area contributed by atoms with Crippen molar-refractivity contribution in [3.05, 3.63) is 35.2 Å². The largest absolute Gasteiger partial charge is 0.356 e. The minimum absolute atomic E-state index is 0. The topological polar surface area (TPSA) is 36.4 Å². The van der Waals surface area contributed by atoms with E-state index in [1.165, 1.54) is 15.6 Å². The molecule has 2 heterocycles. The molecule has 2 N–H and O–H groups in total. The van der Waals surface area contributed by atoms with E-state index in [4.69, 9.17) is 0 Å². The lowest BCUT2D eigenvalue weighted by atomic mass is 10.1. The standard InChI is InChI=1S/C14H17N3S.HI/c1-2-5-13-12(4-1)11(10-18-13)6-9-17-14-15-7-3-8-16-14;/h1-2,4-5,10H,3,6-9H2,(H2,15,16,17);1H. The van der Waals surface area contributed by atoms with Gasteiger partial charge in [0.25, 0.3) is 0 Å². The maximum atomic E-state index is 4.41. The molecule has 1 aliphatic rings. The summed E-state index contributed by atoms with van der Waals surface area (Å²) >= 11 is 1.83. The molecule has 0 saturated heterocycles.